The number of rotatable bonds is 4. The van der Waals surface area contributed by atoms with Gasteiger partial charge in [0.15, 0.2) is 0 Å². The lowest BCUT2D eigenvalue weighted by Gasteiger charge is -2.35. The molecule has 1 saturated carbocycles. The summed E-state index contributed by atoms with van der Waals surface area (Å²) < 4.78 is 0. The summed E-state index contributed by atoms with van der Waals surface area (Å²) in [6.45, 7) is 1.99. The highest BCUT2D eigenvalue weighted by Gasteiger charge is 2.51. The predicted molar refractivity (Wildman–Crippen MR) is 101 cm³/mol. The lowest BCUT2D eigenvalue weighted by molar-refractivity contribution is -0.127. The quantitative estimate of drug-likeness (QED) is 0.918. The van der Waals surface area contributed by atoms with Crippen molar-refractivity contribution in [3.8, 4) is 0 Å². The molecule has 4 nitrogen and oxygen atoms in total. The average molecular weight is 348 g/mol. The molecular weight excluding hydrogens is 324 g/mol. The molecule has 2 aromatic carbocycles. The van der Waals surface area contributed by atoms with Crippen LogP contribution in [0, 0.1) is 5.92 Å². The molecule has 0 radical (unpaired) electrons. The Morgan fingerprint density at radius 2 is 1.65 bits per heavy atom. The average Bonchev–Trinajstić information content (AvgIpc) is 3.30. The van der Waals surface area contributed by atoms with E-state index >= 15 is 0 Å². The number of carbonyl (C=O) groups is 2. The maximum absolute atomic E-state index is 13.1. The molecule has 0 unspecified atom stereocenters. The zero-order chi connectivity index (χ0) is 18.1. The van der Waals surface area contributed by atoms with Gasteiger partial charge >= 0.3 is 0 Å². The van der Waals surface area contributed by atoms with Gasteiger partial charge in [0, 0.05) is 11.6 Å². The number of hydrogen-bond donors (Lipinski definition) is 1. The third kappa shape index (κ3) is 3.00. The highest BCUT2D eigenvalue weighted by atomic mass is 16.2. The van der Waals surface area contributed by atoms with Crippen molar-refractivity contribution in [2.24, 2.45) is 5.92 Å². The van der Waals surface area contributed by atoms with Gasteiger partial charge in [0.2, 0.25) is 5.91 Å². The standard InChI is InChI=1S/C22H24N2O2/c1-15(16-8-4-2-5-9-16)23-21(25)20-18-12-13-19(14-18)24(20)22(26)17-10-6-3-7-11-17/h2-11,15,18-20H,12-14H2,1H3,(H,23,25)/t15-,18+,19+,20-/m1/s1. The molecule has 1 saturated heterocycles. The van der Waals surface area contributed by atoms with Gasteiger partial charge in [-0.2, -0.15) is 0 Å². The molecule has 2 bridgehead atoms. The number of carbonyl (C=O) groups excluding carboxylic acids is 2. The Kier molecular flexibility index (Phi) is 4.49. The van der Waals surface area contributed by atoms with E-state index in [1.807, 2.05) is 72.5 Å². The van der Waals surface area contributed by atoms with Crippen LogP contribution in [-0.2, 0) is 4.79 Å². The summed E-state index contributed by atoms with van der Waals surface area (Å²) in [4.78, 5) is 28.0. The summed E-state index contributed by atoms with van der Waals surface area (Å²) in [5, 5.41) is 3.13. The normalized spacial score (nSPS) is 25.1. The van der Waals surface area contributed by atoms with Gasteiger partial charge in [0.1, 0.15) is 6.04 Å². The zero-order valence-electron chi connectivity index (χ0n) is 15.0. The predicted octanol–water partition coefficient (Wildman–Crippen LogP) is 3.56. The molecule has 1 aliphatic heterocycles. The SMILES string of the molecule is C[C@@H](NC(=O)[C@H]1[C@H]2CC[C@@H](C2)N1C(=O)c1ccccc1)c1ccccc1. The Labute approximate surface area is 154 Å². The molecule has 4 rings (SSSR count). The molecule has 4 heteroatoms. The third-order valence-corrected chi connectivity index (χ3v) is 5.77. The first-order chi connectivity index (χ1) is 12.6. The smallest absolute Gasteiger partial charge is 0.254 e. The second kappa shape index (κ2) is 6.94. The number of piperidine rings is 1. The fourth-order valence-electron chi connectivity index (χ4n) is 4.47. The fourth-order valence-corrected chi connectivity index (χ4v) is 4.47. The van der Waals surface area contributed by atoms with Crippen molar-refractivity contribution in [3.05, 3.63) is 71.8 Å². The molecule has 2 amide bonds. The van der Waals surface area contributed by atoms with E-state index in [-0.39, 0.29) is 35.9 Å². The van der Waals surface area contributed by atoms with Gasteiger partial charge in [-0.05, 0) is 49.8 Å². The van der Waals surface area contributed by atoms with Crippen LogP contribution in [0.1, 0.15) is 48.1 Å². The Balaban J connectivity index is 1.54. The van der Waals surface area contributed by atoms with Gasteiger partial charge in [-0.1, -0.05) is 48.5 Å². The van der Waals surface area contributed by atoms with E-state index in [4.69, 9.17) is 0 Å². The number of benzene rings is 2. The van der Waals surface area contributed by atoms with Crippen LogP contribution < -0.4 is 5.32 Å². The monoisotopic (exact) mass is 348 g/mol. The van der Waals surface area contributed by atoms with Gasteiger partial charge in [-0.15, -0.1) is 0 Å². The number of amides is 2. The zero-order valence-corrected chi connectivity index (χ0v) is 15.0. The minimum atomic E-state index is -0.354. The summed E-state index contributed by atoms with van der Waals surface area (Å²) in [6, 6.07) is 19.0. The van der Waals surface area contributed by atoms with Crippen LogP contribution in [-0.4, -0.2) is 28.8 Å². The lowest BCUT2D eigenvalue weighted by atomic mass is 9.96. The molecule has 4 atom stereocenters. The van der Waals surface area contributed by atoms with E-state index in [0.29, 0.717) is 5.56 Å². The van der Waals surface area contributed by atoms with Crippen molar-refractivity contribution >= 4 is 11.8 Å². The molecular formula is C22H24N2O2. The molecule has 1 heterocycles. The first kappa shape index (κ1) is 16.8. The van der Waals surface area contributed by atoms with Crippen molar-refractivity contribution in [3.63, 3.8) is 0 Å². The first-order valence-electron chi connectivity index (χ1n) is 9.38. The Hall–Kier alpha value is -2.62. The minimum Gasteiger partial charge on any atom is -0.348 e. The number of nitrogens with one attached hydrogen (secondary N) is 1. The number of likely N-dealkylation sites (tertiary alicyclic amines) is 1. The molecule has 0 aromatic heterocycles. The van der Waals surface area contributed by atoms with E-state index in [1.165, 1.54) is 0 Å². The van der Waals surface area contributed by atoms with E-state index in [1.54, 1.807) is 0 Å². The van der Waals surface area contributed by atoms with Crippen molar-refractivity contribution < 1.29 is 9.59 Å². The third-order valence-electron chi connectivity index (χ3n) is 5.77. The lowest BCUT2D eigenvalue weighted by Crippen LogP contribution is -2.53. The van der Waals surface area contributed by atoms with Crippen LogP contribution in [0.25, 0.3) is 0 Å². The summed E-state index contributed by atoms with van der Waals surface area (Å²) in [6.07, 6.45) is 2.97. The van der Waals surface area contributed by atoms with Gasteiger partial charge in [0.05, 0.1) is 6.04 Å². The molecule has 1 N–H and O–H groups in total. The second-order valence-electron chi connectivity index (χ2n) is 7.39. The molecule has 134 valence electrons. The van der Waals surface area contributed by atoms with Gasteiger partial charge < -0.3 is 10.2 Å². The topological polar surface area (TPSA) is 49.4 Å². The molecule has 26 heavy (non-hydrogen) atoms. The maximum Gasteiger partial charge on any atom is 0.254 e. The highest BCUT2D eigenvalue weighted by molar-refractivity contribution is 5.98. The summed E-state index contributed by atoms with van der Waals surface area (Å²) in [5.41, 5.74) is 1.74. The van der Waals surface area contributed by atoms with E-state index in [9.17, 15) is 9.59 Å². The van der Waals surface area contributed by atoms with Crippen LogP contribution >= 0.6 is 0 Å². The molecule has 2 aliphatic rings. The van der Waals surface area contributed by atoms with Crippen LogP contribution in [0.15, 0.2) is 60.7 Å². The van der Waals surface area contributed by atoms with Crippen molar-refractivity contribution in [1.82, 2.24) is 10.2 Å². The maximum atomic E-state index is 13.1. The summed E-state index contributed by atoms with van der Waals surface area (Å²) in [5.74, 6) is 0.221. The van der Waals surface area contributed by atoms with Crippen LogP contribution in [0.2, 0.25) is 0 Å². The van der Waals surface area contributed by atoms with Gasteiger partial charge in [0.25, 0.3) is 5.91 Å². The largest absolute Gasteiger partial charge is 0.348 e. The van der Waals surface area contributed by atoms with Crippen molar-refractivity contribution in [2.45, 2.75) is 44.3 Å². The molecule has 1 aliphatic carbocycles. The minimum absolute atomic E-state index is 0.0229. The molecule has 2 aromatic rings. The Morgan fingerprint density at radius 3 is 2.35 bits per heavy atom. The number of nitrogens with zero attached hydrogens (tertiary/aromatic N) is 1. The van der Waals surface area contributed by atoms with Crippen molar-refractivity contribution in [2.75, 3.05) is 0 Å². The van der Waals surface area contributed by atoms with Crippen LogP contribution in [0.3, 0.4) is 0 Å². The van der Waals surface area contributed by atoms with Crippen LogP contribution in [0.5, 0.6) is 0 Å². The van der Waals surface area contributed by atoms with E-state index < -0.39 is 0 Å². The number of hydrogen-bond acceptors (Lipinski definition) is 2. The van der Waals surface area contributed by atoms with Gasteiger partial charge in [-0.25, -0.2) is 0 Å². The Bertz CT molecular complexity index is 790. The van der Waals surface area contributed by atoms with Gasteiger partial charge in [-0.3, -0.25) is 9.59 Å². The van der Waals surface area contributed by atoms with Crippen LogP contribution in [0.4, 0.5) is 0 Å². The number of fused-ring (bicyclic) bond motifs is 2. The molecule has 0 spiro atoms. The highest BCUT2D eigenvalue weighted by Crippen LogP contribution is 2.43. The summed E-state index contributed by atoms with van der Waals surface area (Å²) >= 11 is 0. The summed E-state index contributed by atoms with van der Waals surface area (Å²) in [7, 11) is 0. The first-order valence-corrected chi connectivity index (χ1v) is 9.38. The second-order valence-corrected chi connectivity index (χ2v) is 7.39. The fraction of sp³-hybridized carbons (Fsp3) is 0.364. The van der Waals surface area contributed by atoms with E-state index in [0.717, 1.165) is 24.8 Å². The van der Waals surface area contributed by atoms with Crippen molar-refractivity contribution in [1.29, 1.82) is 0 Å². The Morgan fingerprint density at radius 1 is 1.00 bits per heavy atom. The van der Waals surface area contributed by atoms with E-state index in [2.05, 4.69) is 5.32 Å². The molecule has 2 fully saturated rings.